The van der Waals surface area contributed by atoms with Crippen molar-refractivity contribution in [1.29, 1.82) is 0 Å². The van der Waals surface area contributed by atoms with Crippen molar-refractivity contribution in [1.82, 2.24) is 5.32 Å². The number of nitrogens with one attached hydrogen (secondary N) is 1. The first-order chi connectivity index (χ1) is 13.0. The molecule has 1 aromatic rings. The molecule has 0 saturated carbocycles. The van der Waals surface area contributed by atoms with E-state index in [-0.39, 0.29) is 11.8 Å². The Kier molecular flexibility index (Phi) is 8.56. The number of carbonyl (C=O) groups excluding carboxylic acids is 1. The summed E-state index contributed by atoms with van der Waals surface area (Å²) in [5.74, 6) is 0.702. The van der Waals surface area contributed by atoms with Crippen LogP contribution in [0, 0.1) is 5.92 Å². The number of piperidine rings is 1. The van der Waals surface area contributed by atoms with E-state index in [1.165, 1.54) is 37.9 Å². The lowest BCUT2D eigenvalue weighted by Crippen LogP contribution is -2.52. The van der Waals surface area contributed by atoms with Crippen LogP contribution in [0.15, 0.2) is 36.9 Å². The van der Waals surface area contributed by atoms with Crippen LogP contribution in [0.3, 0.4) is 0 Å². The monoisotopic (exact) mass is 371 g/mol. The first kappa shape index (κ1) is 21.7. The third kappa shape index (κ3) is 6.80. The fraction of sp³-hybridized carbons (Fsp3) is 0.625. The average Bonchev–Trinajstić information content (AvgIpc) is 2.66. The number of quaternary nitrogens is 1. The summed E-state index contributed by atoms with van der Waals surface area (Å²) < 4.78 is 1.16. The van der Waals surface area contributed by atoms with E-state index in [4.69, 9.17) is 0 Å². The molecular weight excluding hydrogens is 332 g/mol. The lowest BCUT2D eigenvalue weighted by molar-refractivity contribution is -0.927. The smallest absolute Gasteiger partial charge is 0.227 e. The molecule has 0 unspecified atom stereocenters. The molecule has 0 radical (unpaired) electrons. The van der Waals surface area contributed by atoms with E-state index in [1.807, 2.05) is 6.92 Å². The molecule has 1 heterocycles. The topological polar surface area (TPSA) is 29.1 Å². The Morgan fingerprint density at radius 1 is 1.15 bits per heavy atom. The molecule has 3 nitrogen and oxygen atoms in total. The summed E-state index contributed by atoms with van der Waals surface area (Å²) in [6, 6.07) is 8.55. The SMILES string of the molecule is C=CC[N+]1(CCCNC(=O)[C@H](C)c2ccc(CC(C)C)cc2)CCCCC1. The minimum atomic E-state index is -0.0931. The second-order valence-corrected chi connectivity index (χ2v) is 8.75. The van der Waals surface area contributed by atoms with Crippen LogP contribution < -0.4 is 5.32 Å². The largest absolute Gasteiger partial charge is 0.355 e. The highest BCUT2D eigenvalue weighted by molar-refractivity contribution is 5.83. The van der Waals surface area contributed by atoms with Crippen LogP contribution in [-0.2, 0) is 11.2 Å². The molecule has 1 fully saturated rings. The third-order valence-corrected chi connectivity index (χ3v) is 5.91. The highest BCUT2D eigenvalue weighted by Gasteiger charge is 2.28. The minimum Gasteiger partial charge on any atom is -0.355 e. The van der Waals surface area contributed by atoms with E-state index in [0.29, 0.717) is 5.92 Å². The Morgan fingerprint density at radius 3 is 2.41 bits per heavy atom. The van der Waals surface area contributed by atoms with Crippen LogP contribution in [0.2, 0.25) is 0 Å². The van der Waals surface area contributed by atoms with Crippen LogP contribution >= 0.6 is 0 Å². The predicted octanol–water partition coefficient (Wildman–Crippen LogP) is 4.68. The molecule has 1 atom stereocenters. The molecule has 0 aliphatic carbocycles. The van der Waals surface area contributed by atoms with Crippen LogP contribution in [0.25, 0.3) is 0 Å². The van der Waals surface area contributed by atoms with Crippen molar-refractivity contribution in [3.63, 3.8) is 0 Å². The normalized spacial score (nSPS) is 17.5. The average molecular weight is 372 g/mol. The first-order valence-corrected chi connectivity index (χ1v) is 10.8. The van der Waals surface area contributed by atoms with Crippen molar-refractivity contribution in [2.45, 2.75) is 58.8 Å². The Balaban J connectivity index is 1.78. The van der Waals surface area contributed by atoms with Crippen molar-refractivity contribution >= 4 is 5.91 Å². The van der Waals surface area contributed by atoms with Gasteiger partial charge in [0.1, 0.15) is 0 Å². The summed E-state index contributed by atoms with van der Waals surface area (Å²) >= 11 is 0. The van der Waals surface area contributed by atoms with E-state index >= 15 is 0 Å². The van der Waals surface area contributed by atoms with Crippen LogP contribution in [0.5, 0.6) is 0 Å². The molecule has 1 N–H and O–H groups in total. The lowest BCUT2D eigenvalue weighted by atomic mass is 9.96. The first-order valence-electron chi connectivity index (χ1n) is 10.8. The number of benzene rings is 1. The molecule has 27 heavy (non-hydrogen) atoms. The van der Waals surface area contributed by atoms with Gasteiger partial charge in [0.15, 0.2) is 0 Å². The number of amides is 1. The highest BCUT2D eigenvalue weighted by Crippen LogP contribution is 2.20. The van der Waals surface area contributed by atoms with Gasteiger partial charge in [-0.1, -0.05) is 44.7 Å². The molecule has 1 amide bonds. The van der Waals surface area contributed by atoms with Gasteiger partial charge in [0, 0.05) is 13.0 Å². The molecule has 0 bridgehead atoms. The summed E-state index contributed by atoms with van der Waals surface area (Å²) in [7, 11) is 0. The number of likely N-dealkylation sites (tertiary alicyclic amines) is 1. The van der Waals surface area contributed by atoms with E-state index in [2.05, 4.69) is 56.1 Å². The summed E-state index contributed by atoms with van der Waals surface area (Å²) in [5.41, 5.74) is 2.45. The summed E-state index contributed by atoms with van der Waals surface area (Å²) in [6.07, 6.45) is 8.20. The molecule has 1 aliphatic heterocycles. The second kappa shape index (κ2) is 10.7. The standard InChI is InChI=1S/C24H38N2O/c1-5-15-26(16-7-6-8-17-26)18-9-14-25-24(27)21(4)23-12-10-22(11-13-23)19-20(2)3/h5,10-13,20-21H,1,6-9,14-19H2,2-4H3/p+1/t21-/m1/s1. The summed E-state index contributed by atoms with van der Waals surface area (Å²) in [4.78, 5) is 12.5. The van der Waals surface area contributed by atoms with Gasteiger partial charge in [0.05, 0.1) is 32.1 Å². The molecule has 1 aliphatic rings. The minimum absolute atomic E-state index is 0.0931. The predicted molar refractivity (Wildman–Crippen MR) is 115 cm³/mol. The molecular formula is C24H39N2O+. The molecule has 3 heteroatoms. The molecule has 0 spiro atoms. The summed E-state index contributed by atoms with van der Waals surface area (Å²) in [6.45, 7) is 15.9. The van der Waals surface area contributed by atoms with Gasteiger partial charge in [-0.25, -0.2) is 0 Å². The zero-order valence-electron chi connectivity index (χ0n) is 17.7. The molecule has 2 rings (SSSR count). The van der Waals surface area contributed by atoms with Crippen molar-refractivity contribution in [3.05, 3.63) is 48.0 Å². The molecule has 1 saturated heterocycles. The maximum atomic E-state index is 12.5. The van der Waals surface area contributed by atoms with Crippen molar-refractivity contribution in [3.8, 4) is 0 Å². The number of carbonyl (C=O) groups is 1. The Labute approximate surface area is 166 Å². The van der Waals surface area contributed by atoms with Gasteiger partial charge in [-0.05, 0) is 55.7 Å². The molecule has 1 aromatic carbocycles. The Morgan fingerprint density at radius 2 is 1.81 bits per heavy atom. The van der Waals surface area contributed by atoms with E-state index in [9.17, 15) is 4.79 Å². The quantitative estimate of drug-likeness (QED) is 0.361. The number of hydrogen-bond acceptors (Lipinski definition) is 1. The lowest BCUT2D eigenvalue weighted by Gasteiger charge is -2.41. The van der Waals surface area contributed by atoms with Gasteiger partial charge in [-0.2, -0.15) is 0 Å². The van der Waals surface area contributed by atoms with Gasteiger partial charge in [-0.3, -0.25) is 4.79 Å². The second-order valence-electron chi connectivity index (χ2n) is 8.75. The van der Waals surface area contributed by atoms with Crippen LogP contribution in [0.1, 0.15) is 63.5 Å². The van der Waals surface area contributed by atoms with Crippen molar-refractivity contribution in [2.24, 2.45) is 5.92 Å². The Bertz CT molecular complexity index is 585. The maximum absolute atomic E-state index is 12.5. The number of nitrogens with zero attached hydrogens (tertiary/aromatic N) is 1. The number of rotatable bonds is 10. The zero-order chi connectivity index (χ0) is 19.7. The van der Waals surface area contributed by atoms with Gasteiger partial charge >= 0.3 is 0 Å². The van der Waals surface area contributed by atoms with Gasteiger partial charge in [-0.15, -0.1) is 0 Å². The summed E-state index contributed by atoms with van der Waals surface area (Å²) in [5, 5.41) is 3.15. The number of hydrogen-bond donors (Lipinski definition) is 1. The van der Waals surface area contributed by atoms with E-state index < -0.39 is 0 Å². The highest BCUT2D eigenvalue weighted by atomic mass is 16.1. The van der Waals surface area contributed by atoms with Crippen LogP contribution in [0.4, 0.5) is 0 Å². The van der Waals surface area contributed by atoms with Gasteiger partial charge < -0.3 is 9.80 Å². The van der Waals surface area contributed by atoms with E-state index in [1.54, 1.807) is 0 Å². The molecule has 0 aromatic heterocycles. The van der Waals surface area contributed by atoms with Gasteiger partial charge in [0.25, 0.3) is 0 Å². The zero-order valence-corrected chi connectivity index (χ0v) is 17.7. The van der Waals surface area contributed by atoms with E-state index in [0.717, 1.165) is 42.5 Å². The fourth-order valence-corrected chi connectivity index (χ4v) is 4.30. The van der Waals surface area contributed by atoms with Crippen molar-refractivity contribution in [2.75, 3.05) is 32.7 Å². The Hall–Kier alpha value is -1.61. The van der Waals surface area contributed by atoms with Gasteiger partial charge in [0.2, 0.25) is 5.91 Å². The van der Waals surface area contributed by atoms with Crippen molar-refractivity contribution < 1.29 is 9.28 Å². The fourth-order valence-electron chi connectivity index (χ4n) is 4.30. The third-order valence-electron chi connectivity index (χ3n) is 5.91. The molecule has 150 valence electrons. The maximum Gasteiger partial charge on any atom is 0.227 e. The van der Waals surface area contributed by atoms with Crippen LogP contribution in [-0.4, -0.2) is 43.1 Å².